The van der Waals surface area contributed by atoms with E-state index >= 15 is 0 Å². The molecule has 0 fully saturated rings. The van der Waals surface area contributed by atoms with Gasteiger partial charge in [0, 0.05) is 23.1 Å². The smallest absolute Gasteiger partial charge is 0.130 e. The second-order valence-corrected chi connectivity index (χ2v) is 6.15. The minimum atomic E-state index is 0.199. The van der Waals surface area contributed by atoms with Crippen molar-refractivity contribution in [1.29, 1.82) is 0 Å². The SMILES string of the molecule is CNC(Cc1c(C)nn(C)c1Cl)c1cccc(C)c1Br. The quantitative estimate of drug-likeness (QED) is 0.899. The number of halogens is 2. The van der Waals surface area contributed by atoms with Crippen LogP contribution in [0.4, 0.5) is 0 Å². The summed E-state index contributed by atoms with van der Waals surface area (Å²) in [6, 6.07) is 6.52. The van der Waals surface area contributed by atoms with Gasteiger partial charge in [-0.15, -0.1) is 0 Å². The van der Waals surface area contributed by atoms with Crippen LogP contribution in [0, 0.1) is 13.8 Å². The highest BCUT2D eigenvalue weighted by Gasteiger charge is 2.19. The Morgan fingerprint density at radius 1 is 1.40 bits per heavy atom. The molecule has 0 amide bonds. The van der Waals surface area contributed by atoms with Crippen molar-refractivity contribution in [3.05, 3.63) is 50.2 Å². The number of benzene rings is 1. The van der Waals surface area contributed by atoms with Gasteiger partial charge in [0.2, 0.25) is 0 Å². The minimum Gasteiger partial charge on any atom is -0.313 e. The number of aromatic nitrogens is 2. The third kappa shape index (κ3) is 2.92. The van der Waals surface area contributed by atoms with Crippen LogP contribution in [0.15, 0.2) is 22.7 Å². The van der Waals surface area contributed by atoms with E-state index in [1.807, 2.05) is 21.0 Å². The van der Waals surface area contributed by atoms with Crippen molar-refractivity contribution in [3.63, 3.8) is 0 Å². The molecule has 0 bridgehead atoms. The Morgan fingerprint density at radius 3 is 2.65 bits per heavy atom. The van der Waals surface area contributed by atoms with Crippen molar-refractivity contribution < 1.29 is 0 Å². The fourth-order valence-electron chi connectivity index (χ4n) is 2.42. The molecule has 1 atom stereocenters. The Kier molecular flexibility index (Phi) is 4.89. The van der Waals surface area contributed by atoms with Crippen LogP contribution in [-0.4, -0.2) is 16.8 Å². The van der Waals surface area contributed by atoms with Crippen molar-refractivity contribution in [2.24, 2.45) is 7.05 Å². The van der Waals surface area contributed by atoms with Crippen molar-refractivity contribution in [1.82, 2.24) is 15.1 Å². The maximum Gasteiger partial charge on any atom is 0.130 e. The van der Waals surface area contributed by atoms with Gasteiger partial charge in [-0.2, -0.15) is 5.10 Å². The lowest BCUT2D eigenvalue weighted by molar-refractivity contribution is 0.588. The molecule has 1 N–H and O–H groups in total. The van der Waals surface area contributed by atoms with E-state index in [-0.39, 0.29) is 6.04 Å². The van der Waals surface area contributed by atoms with E-state index in [9.17, 15) is 0 Å². The second-order valence-electron chi connectivity index (χ2n) is 5.00. The maximum atomic E-state index is 6.33. The zero-order chi connectivity index (χ0) is 14.9. The first-order chi connectivity index (χ1) is 9.45. The highest BCUT2D eigenvalue weighted by molar-refractivity contribution is 9.10. The summed E-state index contributed by atoms with van der Waals surface area (Å²) in [5, 5.41) is 8.46. The van der Waals surface area contributed by atoms with Crippen LogP contribution in [0.2, 0.25) is 5.15 Å². The van der Waals surface area contributed by atoms with Crippen LogP contribution in [0.5, 0.6) is 0 Å². The van der Waals surface area contributed by atoms with E-state index in [0.717, 1.165) is 22.2 Å². The van der Waals surface area contributed by atoms with E-state index < -0.39 is 0 Å². The van der Waals surface area contributed by atoms with Gasteiger partial charge in [0.05, 0.1) is 5.69 Å². The number of rotatable bonds is 4. The van der Waals surface area contributed by atoms with Gasteiger partial charge < -0.3 is 5.32 Å². The summed E-state index contributed by atoms with van der Waals surface area (Å²) in [5.41, 5.74) is 4.56. The first-order valence-electron chi connectivity index (χ1n) is 6.56. The van der Waals surface area contributed by atoms with Gasteiger partial charge in [-0.05, 0) is 38.4 Å². The van der Waals surface area contributed by atoms with Crippen LogP contribution in [0.25, 0.3) is 0 Å². The molecule has 0 spiro atoms. The molecule has 0 saturated carbocycles. The van der Waals surface area contributed by atoms with E-state index in [1.165, 1.54) is 11.1 Å². The number of hydrogen-bond acceptors (Lipinski definition) is 2. The largest absolute Gasteiger partial charge is 0.313 e. The summed E-state index contributed by atoms with van der Waals surface area (Å²) < 4.78 is 2.88. The zero-order valence-electron chi connectivity index (χ0n) is 12.2. The Bertz CT molecular complexity index is 622. The molecule has 0 radical (unpaired) electrons. The summed E-state index contributed by atoms with van der Waals surface area (Å²) in [7, 11) is 3.84. The molecular weight excluding hydrogens is 338 g/mol. The molecule has 1 aromatic heterocycles. The lowest BCUT2D eigenvalue weighted by Gasteiger charge is -2.19. The number of aryl methyl sites for hydroxylation is 3. The standard InChI is InChI=1S/C15H19BrClN3/c1-9-6-5-7-11(14(9)16)13(18-3)8-12-10(2)19-20(4)15(12)17/h5-7,13,18H,8H2,1-4H3. The molecule has 20 heavy (non-hydrogen) atoms. The molecule has 1 heterocycles. The molecule has 1 unspecified atom stereocenters. The van der Waals surface area contributed by atoms with Crippen molar-refractivity contribution in [2.75, 3.05) is 7.05 Å². The highest BCUT2D eigenvalue weighted by atomic mass is 79.9. The van der Waals surface area contributed by atoms with Crippen molar-refractivity contribution >= 4 is 27.5 Å². The first-order valence-corrected chi connectivity index (χ1v) is 7.73. The van der Waals surface area contributed by atoms with E-state index in [1.54, 1.807) is 4.68 Å². The van der Waals surface area contributed by atoms with Crippen LogP contribution in [0.1, 0.15) is 28.4 Å². The molecule has 0 saturated heterocycles. The van der Waals surface area contributed by atoms with Gasteiger partial charge in [-0.3, -0.25) is 4.68 Å². The number of likely N-dealkylation sites (N-methyl/N-ethyl adjacent to an activating group) is 1. The molecule has 0 aliphatic carbocycles. The Hall–Kier alpha value is -0.840. The van der Waals surface area contributed by atoms with Crippen LogP contribution in [-0.2, 0) is 13.5 Å². The molecule has 1 aromatic carbocycles. The lowest BCUT2D eigenvalue weighted by atomic mass is 9.98. The predicted molar refractivity (Wildman–Crippen MR) is 87.3 cm³/mol. The molecule has 3 nitrogen and oxygen atoms in total. The van der Waals surface area contributed by atoms with Crippen molar-refractivity contribution in [3.8, 4) is 0 Å². The summed E-state index contributed by atoms with van der Waals surface area (Å²) in [6.07, 6.45) is 0.817. The van der Waals surface area contributed by atoms with E-state index in [0.29, 0.717) is 5.15 Å². The summed E-state index contributed by atoms with van der Waals surface area (Å²) in [4.78, 5) is 0. The average molecular weight is 357 g/mol. The first kappa shape index (κ1) is 15.5. The van der Waals surface area contributed by atoms with Gasteiger partial charge in [-0.1, -0.05) is 45.7 Å². The molecule has 0 aliphatic heterocycles. The Balaban J connectivity index is 2.36. The van der Waals surface area contributed by atoms with Crippen LogP contribution < -0.4 is 5.32 Å². The summed E-state index contributed by atoms with van der Waals surface area (Å²) in [6.45, 7) is 4.10. The topological polar surface area (TPSA) is 29.9 Å². The van der Waals surface area contributed by atoms with Crippen molar-refractivity contribution in [2.45, 2.75) is 26.3 Å². The normalized spacial score (nSPS) is 12.7. The molecule has 2 aromatic rings. The Morgan fingerprint density at radius 2 is 2.10 bits per heavy atom. The van der Waals surface area contributed by atoms with Gasteiger partial charge >= 0.3 is 0 Å². The number of nitrogens with one attached hydrogen (secondary N) is 1. The molecule has 5 heteroatoms. The third-order valence-corrected chi connectivity index (χ3v) is 5.18. The van der Waals surface area contributed by atoms with E-state index in [2.05, 4.69) is 51.5 Å². The van der Waals surface area contributed by atoms with E-state index in [4.69, 9.17) is 11.6 Å². The maximum absolute atomic E-state index is 6.33. The fourth-order valence-corrected chi connectivity index (χ4v) is 3.21. The highest BCUT2D eigenvalue weighted by Crippen LogP contribution is 2.31. The number of hydrogen-bond donors (Lipinski definition) is 1. The molecule has 2 rings (SSSR count). The van der Waals surface area contributed by atoms with Gasteiger partial charge in [0.15, 0.2) is 0 Å². The van der Waals surface area contributed by atoms with Gasteiger partial charge in [-0.25, -0.2) is 0 Å². The van der Waals surface area contributed by atoms with Crippen LogP contribution >= 0.6 is 27.5 Å². The minimum absolute atomic E-state index is 0.199. The Labute approximate surface area is 133 Å². The van der Waals surface area contributed by atoms with Gasteiger partial charge in [0.1, 0.15) is 5.15 Å². The number of nitrogens with zero attached hydrogens (tertiary/aromatic N) is 2. The summed E-state index contributed by atoms with van der Waals surface area (Å²) in [5.74, 6) is 0. The molecule has 108 valence electrons. The van der Waals surface area contributed by atoms with Gasteiger partial charge in [0.25, 0.3) is 0 Å². The fraction of sp³-hybridized carbons (Fsp3) is 0.400. The molecule has 0 aliphatic rings. The zero-order valence-corrected chi connectivity index (χ0v) is 14.5. The second kappa shape index (κ2) is 6.29. The molecular formula is C15H19BrClN3. The predicted octanol–water partition coefficient (Wildman–Crippen LogP) is 3.96. The lowest BCUT2D eigenvalue weighted by Crippen LogP contribution is -2.20. The third-order valence-electron chi connectivity index (χ3n) is 3.62. The van der Waals surface area contributed by atoms with Crippen LogP contribution in [0.3, 0.4) is 0 Å². The average Bonchev–Trinajstić information content (AvgIpc) is 2.65. The monoisotopic (exact) mass is 355 g/mol. The summed E-state index contributed by atoms with van der Waals surface area (Å²) >= 11 is 10.0.